The Kier molecular flexibility index (Phi) is 6.26. The highest BCUT2D eigenvalue weighted by Crippen LogP contribution is 2.48. The van der Waals surface area contributed by atoms with E-state index in [2.05, 4.69) is 5.32 Å². The summed E-state index contributed by atoms with van der Waals surface area (Å²) < 4.78 is 4.99. The van der Waals surface area contributed by atoms with Crippen LogP contribution in [0.5, 0.6) is 5.75 Å². The van der Waals surface area contributed by atoms with Crippen LogP contribution >= 0.6 is 11.8 Å². The number of carbonyl (C=O) groups is 3. The van der Waals surface area contributed by atoms with E-state index in [1.165, 1.54) is 11.8 Å². The summed E-state index contributed by atoms with van der Waals surface area (Å²) in [7, 11) is 0. The molecule has 30 heavy (non-hydrogen) atoms. The smallest absolute Gasteiger partial charge is 0.327 e. The van der Waals surface area contributed by atoms with Gasteiger partial charge in [-0.15, -0.1) is 11.8 Å². The Morgan fingerprint density at radius 2 is 1.90 bits per heavy atom. The number of thioether (sulfide) groups is 1. The predicted molar refractivity (Wildman–Crippen MR) is 115 cm³/mol. The summed E-state index contributed by atoms with van der Waals surface area (Å²) in [6.45, 7) is 5.73. The lowest BCUT2D eigenvalue weighted by Gasteiger charge is -2.24. The van der Waals surface area contributed by atoms with Crippen LogP contribution < -0.4 is 10.1 Å². The summed E-state index contributed by atoms with van der Waals surface area (Å²) >= 11 is 1.29. The van der Waals surface area contributed by atoms with Crippen molar-refractivity contribution in [2.75, 3.05) is 6.61 Å². The summed E-state index contributed by atoms with van der Waals surface area (Å²) in [5.41, 5.74) is 0.276. The second-order valence-electron chi connectivity index (χ2n) is 7.77. The first-order valence-electron chi connectivity index (χ1n) is 9.74. The molecule has 1 aliphatic rings. The Labute approximate surface area is 178 Å². The SMILES string of the molecule is CCOc1ccc2ccccc2c1C(=O)NC(C(=O)O)[C@@H]1C[C@@H](C(=O)O)C(C)(C)S1. The summed E-state index contributed by atoms with van der Waals surface area (Å²) in [6.07, 6.45) is 0.165. The zero-order chi connectivity index (χ0) is 22.1. The van der Waals surface area contributed by atoms with Crippen LogP contribution in [-0.4, -0.2) is 50.7 Å². The molecule has 1 heterocycles. The molecule has 0 bridgehead atoms. The van der Waals surface area contributed by atoms with E-state index in [4.69, 9.17) is 4.74 Å². The molecule has 0 saturated carbocycles. The monoisotopic (exact) mass is 431 g/mol. The number of amides is 1. The van der Waals surface area contributed by atoms with Gasteiger partial charge in [-0.2, -0.15) is 0 Å². The van der Waals surface area contributed by atoms with Gasteiger partial charge in [0.25, 0.3) is 5.91 Å². The first kappa shape index (κ1) is 22.0. The molecule has 1 aliphatic heterocycles. The molecular weight excluding hydrogens is 406 g/mol. The summed E-state index contributed by atoms with van der Waals surface area (Å²) in [6, 6.07) is 9.63. The lowest BCUT2D eigenvalue weighted by molar-refractivity contribution is -0.143. The van der Waals surface area contributed by atoms with E-state index < -0.39 is 39.8 Å². The van der Waals surface area contributed by atoms with Crippen molar-refractivity contribution in [2.45, 2.75) is 43.2 Å². The Morgan fingerprint density at radius 3 is 2.50 bits per heavy atom. The van der Waals surface area contributed by atoms with Gasteiger partial charge in [-0.25, -0.2) is 4.79 Å². The van der Waals surface area contributed by atoms with Gasteiger partial charge in [-0.05, 0) is 44.0 Å². The second kappa shape index (κ2) is 8.55. The molecular formula is C22H25NO6S. The molecule has 0 aliphatic carbocycles. The minimum atomic E-state index is -1.22. The minimum absolute atomic E-state index is 0.165. The van der Waals surface area contributed by atoms with E-state index in [0.29, 0.717) is 17.7 Å². The van der Waals surface area contributed by atoms with E-state index >= 15 is 0 Å². The molecule has 1 fully saturated rings. The third-order valence-corrected chi connectivity index (χ3v) is 7.06. The number of carboxylic acid groups (broad SMARTS) is 2. The van der Waals surface area contributed by atoms with Gasteiger partial charge < -0.3 is 20.3 Å². The molecule has 0 radical (unpaired) electrons. The van der Waals surface area contributed by atoms with Crippen molar-refractivity contribution in [3.05, 3.63) is 42.0 Å². The number of nitrogens with one attached hydrogen (secondary N) is 1. The first-order valence-corrected chi connectivity index (χ1v) is 10.6. The van der Waals surface area contributed by atoms with Gasteiger partial charge in [-0.3, -0.25) is 9.59 Å². The maximum atomic E-state index is 13.2. The van der Waals surface area contributed by atoms with Gasteiger partial charge in [0.15, 0.2) is 0 Å². The fourth-order valence-corrected chi connectivity index (χ4v) is 5.68. The van der Waals surface area contributed by atoms with E-state index in [1.807, 2.05) is 18.2 Å². The summed E-state index contributed by atoms with van der Waals surface area (Å²) in [5.74, 6) is -3.03. The van der Waals surface area contributed by atoms with Crippen LogP contribution in [0.2, 0.25) is 0 Å². The summed E-state index contributed by atoms with van der Waals surface area (Å²) in [4.78, 5) is 36.8. The zero-order valence-electron chi connectivity index (χ0n) is 17.0. The van der Waals surface area contributed by atoms with Crippen molar-refractivity contribution in [3.63, 3.8) is 0 Å². The van der Waals surface area contributed by atoms with Crippen molar-refractivity contribution in [3.8, 4) is 5.75 Å². The standard InChI is InChI=1S/C22H25NO6S/c1-4-29-15-10-9-12-7-5-6-8-13(12)17(15)19(24)23-18(21(27)28)16-11-14(20(25)26)22(2,3)30-16/h5-10,14,16,18H,4,11H2,1-3H3,(H,23,24)(H,25,26)(H,27,28)/t14-,16-,18?/m0/s1. The molecule has 2 aromatic rings. The number of aliphatic carboxylic acids is 2. The maximum absolute atomic E-state index is 13.2. The van der Waals surface area contributed by atoms with Crippen molar-refractivity contribution in [1.82, 2.24) is 5.32 Å². The van der Waals surface area contributed by atoms with Crippen molar-refractivity contribution in [1.29, 1.82) is 0 Å². The lowest BCUT2D eigenvalue weighted by Crippen LogP contribution is -2.47. The molecule has 0 aromatic heterocycles. The molecule has 8 heteroatoms. The molecule has 2 aromatic carbocycles. The van der Waals surface area contributed by atoms with Crippen LogP contribution in [0.15, 0.2) is 36.4 Å². The third-order valence-electron chi connectivity index (χ3n) is 5.40. The Balaban J connectivity index is 1.94. The molecule has 0 spiro atoms. The average molecular weight is 432 g/mol. The molecule has 3 rings (SSSR count). The zero-order valence-corrected chi connectivity index (χ0v) is 17.9. The van der Waals surface area contributed by atoms with Crippen LogP contribution in [0.1, 0.15) is 37.6 Å². The van der Waals surface area contributed by atoms with Crippen molar-refractivity contribution < 1.29 is 29.3 Å². The fourth-order valence-electron chi connectivity index (χ4n) is 3.93. The molecule has 3 N–H and O–H groups in total. The fraction of sp³-hybridized carbons (Fsp3) is 0.409. The molecule has 3 atom stereocenters. The highest BCUT2D eigenvalue weighted by Gasteiger charge is 2.49. The van der Waals surface area contributed by atoms with Crippen LogP contribution in [-0.2, 0) is 9.59 Å². The molecule has 160 valence electrons. The van der Waals surface area contributed by atoms with E-state index in [1.54, 1.807) is 39.0 Å². The van der Waals surface area contributed by atoms with Crippen LogP contribution in [0.3, 0.4) is 0 Å². The normalized spacial score (nSPS) is 21.2. The largest absolute Gasteiger partial charge is 0.493 e. The van der Waals surface area contributed by atoms with Crippen LogP contribution in [0, 0.1) is 5.92 Å². The van der Waals surface area contributed by atoms with Gasteiger partial charge >= 0.3 is 11.9 Å². The summed E-state index contributed by atoms with van der Waals surface area (Å²) in [5, 5.41) is 22.9. The van der Waals surface area contributed by atoms with Crippen LogP contribution in [0.4, 0.5) is 0 Å². The Bertz CT molecular complexity index is 989. The number of hydrogen-bond donors (Lipinski definition) is 3. The minimum Gasteiger partial charge on any atom is -0.493 e. The number of carboxylic acids is 2. The number of hydrogen-bond acceptors (Lipinski definition) is 5. The third kappa shape index (κ3) is 4.23. The molecule has 1 saturated heterocycles. The quantitative estimate of drug-likeness (QED) is 0.616. The van der Waals surface area contributed by atoms with Crippen LogP contribution in [0.25, 0.3) is 10.8 Å². The van der Waals surface area contributed by atoms with Crippen molar-refractivity contribution in [2.24, 2.45) is 5.92 Å². The van der Waals surface area contributed by atoms with Gasteiger partial charge in [0.1, 0.15) is 11.8 Å². The molecule has 1 amide bonds. The van der Waals surface area contributed by atoms with E-state index in [0.717, 1.165) is 5.39 Å². The van der Waals surface area contributed by atoms with E-state index in [-0.39, 0.29) is 12.0 Å². The number of ether oxygens (including phenoxy) is 1. The Hall–Kier alpha value is -2.74. The Morgan fingerprint density at radius 1 is 1.20 bits per heavy atom. The highest BCUT2D eigenvalue weighted by atomic mass is 32.2. The maximum Gasteiger partial charge on any atom is 0.327 e. The first-order chi connectivity index (χ1) is 14.2. The van der Waals surface area contributed by atoms with E-state index in [9.17, 15) is 24.6 Å². The number of rotatable bonds is 7. The average Bonchev–Trinajstić information content (AvgIpc) is 3.00. The van der Waals surface area contributed by atoms with Crippen molar-refractivity contribution >= 4 is 40.4 Å². The molecule has 1 unspecified atom stereocenters. The number of fused-ring (bicyclic) bond motifs is 1. The highest BCUT2D eigenvalue weighted by molar-refractivity contribution is 8.01. The topological polar surface area (TPSA) is 113 Å². The molecule has 7 nitrogen and oxygen atoms in total. The number of benzene rings is 2. The van der Waals surface area contributed by atoms with Gasteiger partial charge in [-0.1, -0.05) is 30.3 Å². The van der Waals surface area contributed by atoms with Gasteiger partial charge in [0, 0.05) is 10.00 Å². The number of carbonyl (C=O) groups excluding carboxylic acids is 1. The predicted octanol–water partition coefficient (Wildman–Crippen LogP) is 3.41. The van der Waals surface area contributed by atoms with Gasteiger partial charge in [0.05, 0.1) is 18.1 Å². The second-order valence-corrected chi connectivity index (χ2v) is 9.66. The van der Waals surface area contributed by atoms with Gasteiger partial charge in [0.2, 0.25) is 0 Å². The lowest BCUT2D eigenvalue weighted by atomic mass is 9.89.